The van der Waals surface area contributed by atoms with Gasteiger partial charge in [0.1, 0.15) is 27.0 Å². The van der Waals surface area contributed by atoms with E-state index in [2.05, 4.69) is 89.6 Å². The Labute approximate surface area is 277 Å². The van der Waals surface area contributed by atoms with Crippen LogP contribution in [0.4, 0.5) is 0 Å². The van der Waals surface area contributed by atoms with E-state index in [4.69, 9.17) is 4.74 Å². The second-order valence-electron chi connectivity index (χ2n) is 13.2. The summed E-state index contributed by atoms with van der Waals surface area (Å²) < 4.78 is 8.95. The highest BCUT2D eigenvalue weighted by Gasteiger charge is 2.31. The zero-order valence-electron chi connectivity index (χ0n) is 26.6. The SMILES string of the molecule is C=CCC(C)(C)C(=O)c1c[nH]c2ncc(Br)nc12.C=CCC(C)(C)C(=O)c1cn(COCC[Si](C)(C)C)c2ncc(Br)nc12. The monoisotopic (exact) mass is 744 g/mol. The van der Waals surface area contributed by atoms with E-state index in [1.165, 1.54) is 0 Å². The van der Waals surface area contributed by atoms with Crippen molar-refractivity contribution in [3.8, 4) is 0 Å². The minimum Gasteiger partial charge on any atom is -0.361 e. The quantitative estimate of drug-likeness (QED) is 0.0630. The number of Topliss-reactive ketones (excluding diaryl/α,β-unsaturated/α-hetero) is 2. The van der Waals surface area contributed by atoms with E-state index in [0.717, 1.165) is 6.04 Å². The van der Waals surface area contributed by atoms with E-state index < -0.39 is 18.9 Å². The molecule has 4 heterocycles. The van der Waals surface area contributed by atoms with Gasteiger partial charge in [0.25, 0.3) is 0 Å². The summed E-state index contributed by atoms with van der Waals surface area (Å²) in [4.78, 5) is 46.0. The number of allylic oxidation sites excluding steroid dienone is 2. The number of halogens is 2. The molecule has 0 aliphatic rings. The minimum atomic E-state index is -1.14. The summed E-state index contributed by atoms with van der Waals surface area (Å²) in [5.41, 5.74) is 2.63. The van der Waals surface area contributed by atoms with E-state index >= 15 is 0 Å². The molecular weight excluding hydrogens is 704 g/mol. The van der Waals surface area contributed by atoms with Gasteiger partial charge >= 0.3 is 0 Å². The Kier molecular flexibility index (Phi) is 11.8. The Morgan fingerprint density at radius 3 is 2.05 bits per heavy atom. The molecule has 0 aliphatic carbocycles. The summed E-state index contributed by atoms with van der Waals surface area (Å²) in [6.07, 6.45) is 11.5. The van der Waals surface area contributed by atoms with Crippen LogP contribution in [0.3, 0.4) is 0 Å². The van der Waals surface area contributed by atoms with Crippen LogP contribution in [0.1, 0.15) is 61.3 Å². The van der Waals surface area contributed by atoms with Gasteiger partial charge in [0, 0.05) is 37.9 Å². The molecule has 0 radical (unpaired) electrons. The number of aromatic nitrogens is 6. The van der Waals surface area contributed by atoms with Crippen LogP contribution < -0.4 is 0 Å². The first-order chi connectivity index (χ1) is 20.5. The van der Waals surface area contributed by atoms with Crippen molar-refractivity contribution in [3.63, 3.8) is 0 Å². The van der Waals surface area contributed by atoms with Gasteiger partial charge in [-0.3, -0.25) is 9.59 Å². The van der Waals surface area contributed by atoms with Crippen LogP contribution in [-0.4, -0.2) is 55.7 Å². The first kappa shape index (κ1) is 35.7. The standard InChI is InChI=1S/C19H28BrN3O2Si.C13H14BrN3O/c1-7-8-19(2,3)17(24)14-12-23(13-25-9-10-26(4,5)6)18-16(14)22-15(20)11-21-18;1-4-5-13(2,3)11(18)8-6-15-12-10(8)17-9(14)7-16-12/h7,11-12H,1,8-10,13H2,2-6H3;4,6-7H,1,5H2,2-3H3,(H,15,16). The topological polar surface area (TPSA) is 116 Å². The third-order valence-corrected chi connectivity index (χ3v) is 9.61. The molecule has 4 rings (SSSR count). The van der Waals surface area contributed by atoms with Crippen LogP contribution in [0.5, 0.6) is 0 Å². The van der Waals surface area contributed by atoms with Gasteiger partial charge in [0.2, 0.25) is 0 Å². The Bertz CT molecular complexity index is 1670. The van der Waals surface area contributed by atoms with Crippen LogP contribution in [0.15, 0.2) is 59.3 Å². The number of aromatic amines is 1. The zero-order chi connectivity index (χ0) is 32.9. The van der Waals surface area contributed by atoms with Gasteiger partial charge in [0.05, 0.1) is 23.5 Å². The maximum absolute atomic E-state index is 13.1. The number of H-pyrrole nitrogens is 1. The summed E-state index contributed by atoms with van der Waals surface area (Å²) in [6.45, 7) is 23.2. The summed E-state index contributed by atoms with van der Waals surface area (Å²) in [6, 6.07) is 1.10. The molecule has 0 saturated carbocycles. The van der Waals surface area contributed by atoms with Crippen molar-refractivity contribution in [2.24, 2.45) is 10.8 Å². The highest BCUT2D eigenvalue weighted by molar-refractivity contribution is 9.10. The lowest BCUT2D eigenvalue weighted by molar-refractivity contribution is 0.0831. The number of ether oxygens (including phenoxy) is 1. The van der Waals surface area contributed by atoms with Crippen molar-refractivity contribution in [2.75, 3.05) is 6.61 Å². The number of hydrogen-bond acceptors (Lipinski definition) is 7. The fourth-order valence-corrected chi connectivity index (χ4v) is 5.83. The molecule has 0 aromatic carbocycles. The molecule has 1 N–H and O–H groups in total. The molecule has 0 amide bonds. The molecule has 0 spiro atoms. The summed E-state index contributed by atoms with van der Waals surface area (Å²) in [5.74, 6) is 0.0803. The van der Waals surface area contributed by atoms with Gasteiger partial charge in [-0.2, -0.15) is 0 Å². The maximum atomic E-state index is 13.1. The van der Waals surface area contributed by atoms with Gasteiger partial charge in [0.15, 0.2) is 22.9 Å². The molecule has 9 nitrogen and oxygen atoms in total. The molecule has 4 aromatic rings. The second-order valence-corrected chi connectivity index (χ2v) is 20.5. The number of ketones is 2. The van der Waals surface area contributed by atoms with Gasteiger partial charge in [-0.1, -0.05) is 59.5 Å². The van der Waals surface area contributed by atoms with Gasteiger partial charge in [-0.15, -0.1) is 13.2 Å². The number of nitrogens with zero attached hydrogens (tertiary/aromatic N) is 5. The first-order valence-corrected chi connectivity index (χ1v) is 19.7. The molecule has 12 heteroatoms. The first-order valence-electron chi connectivity index (χ1n) is 14.4. The maximum Gasteiger partial charge on any atom is 0.172 e. The molecule has 0 saturated heterocycles. The van der Waals surface area contributed by atoms with Crippen molar-refractivity contribution >= 4 is 73.8 Å². The fourth-order valence-electron chi connectivity index (χ4n) is 4.52. The van der Waals surface area contributed by atoms with Crippen LogP contribution in [0.25, 0.3) is 22.3 Å². The molecule has 0 unspecified atom stereocenters. The summed E-state index contributed by atoms with van der Waals surface area (Å²) in [5, 5.41) is 0. The van der Waals surface area contributed by atoms with Crippen molar-refractivity contribution in [1.29, 1.82) is 0 Å². The van der Waals surface area contributed by atoms with Gasteiger partial charge in [-0.25, -0.2) is 19.9 Å². The third kappa shape index (κ3) is 8.89. The average molecular weight is 747 g/mol. The van der Waals surface area contributed by atoms with E-state index in [-0.39, 0.29) is 11.6 Å². The van der Waals surface area contributed by atoms with Crippen molar-refractivity contribution in [2.45, 2.75) is 73.0 Å². The second kappa shape index (κ2) is 14.5. The van der Waals surface area contributed by atoms with Crippen molar-refractivity contribution in [3.05, 3.63) is 70.4 Å². The van der Waals surface area contributed by atoms with Gasteiger partial charge in [-0.05, 0) is 50.7 Å². The largest absolute Gasteiger partial charge is 0.361 e. The Morgan fingerprint density at radius 2 is 1.48 bits per heavy atom. The Morgan fingerprint density at radius 1 is 0.932 bits per heavy atom. The highest BCUT2D eigenvalue weighted by Crippen LogP contribution is 2.31. The zero-order valence-corrected chi connectivity index (χ0v) is 30.8. The number of carbonyl (C=O) groups is 2. The van der Waals surface area contributed by atoms with E-state index in [0.29, 0.717) is 68.8 Å². The average Bonchev–Trinajstić information content (AvgIpc) is 3.50. The molecule has 0 aliphatic heterocycles. The lowest BCUT2D eigenvalue weighted by Crippen LogP contribution is -2.23. The number of nitrogens with one attached hydrogen (secondary N) is 1. The predicted octanol–water partition coefficient (Wildman–Crippen LogP) is 8.80. The summed E-state index contributed by atoms with van der Waals surface area (Å²) in [7, 11) is -1.14. The van der Waals surface area contributed by atoms with Gasteiger partial charge < -0.3 is 14.3 Å². The normalized spacial score (nSPS) is 12.2. The molecule has 0 atom stereocenters. The molecular formula is C32H42Br2N6O3Si. The van der Waals surface area contributed by atoms with Crippen molar-refractivity contribution < 1.29 is 14.3 Å². The highest BCUT2D eigenvalue weighted by atomic mass is 79.9. The number of hydrogen-bond donors (Lipinski definition) is 1. The molecule has 236 valence electrons. The predicted molar refractivity (Wildman–Crippen MR) is 187 cm³/mol. The number of carbonyl (C=O) groups excluding carboxylic acids is 2. The molecule has 44 heavy (non-hydrogen) atoms. The lowest BCUT2D eigenvalue weighted by atomic mass is 9.82. The molecule has 0 bridgehead atoms. The Balaban J connectivity index is 0.000000257. The number of rotatable bonds is 13. The van der Waals surface area contributed by atoms with E-state index in [1.807, 2.05) is 38.5 Å². The van der Waals surface area contributed by atoms with Crippen LogP contribution >= 0.6 is 31.9 Å². The smallest absolute Gasteiger partial charge is 0.172 e. The summed E-state index contributed by atoms with van der Waals surface area (Å²) >= 11 is 6.62. The lowest BCUT2D eigenvalue weighted by Gasteiger charge is -2.20. The van der Waals surface area contributed by atoms with Crippen LogP contribution in [-0.2, 0) is 11.5 Å². The third-order valence-electron chi connectivity index (χ3n) is 7.14. The van der Waals surface area contributed by atoms with Crippen LogP contribution in [0, 0.1) is 10.8 Å². The Hall–Kier alpha value is -2.80. The number of fused-ring (bicyclic) bond motifs is 2. The van der Waals surface area contributed by atoms with Crippen molar-refractivity contribution in [1.82, 2.24) is 29.5 Å². The fraction of sp³-hybridized carbons (Fsp3) is 0.438. The minimum absolute atomic E-state index is 0.0376. The van der Waals surface area contributed by atoms with E-state index in [9.17, 15) is 9.59 Å². The van der Waals surface area contributed by atoms with E-state index in [1.54, 1.807) is 30.7 Å². The molecule has 0 fully saturated rings. The van der Waals surface area contributed by atoms with Crippen LogP contribution in [0.2, 0.25) is 25.7 Å². The molecule has 4 aromatic heterocycles.